The second-order valence-corrected chi connectivity index (χ2v) is 8.79. The van der Waals surface area contributed by atoms with Crippen molar-refractivity contribution < 1.29 is 36.3 Å². The normalized spacial score (nSPS) is 14.9. The monoisotopic (exact) mass is 468 g/mol. The van der Waals surface area contributed by atoms with E-state index in [1.807, 2.05) is 0 Å². The summed E-state index contributed by atoms with van der Waals surface area (Å²) < 4.78 is 61.1. The maximum Gasteiger partial charge on any atom is 0.387 e. The number of carbonyl (C=O) groups excluding carboxylic acids is 2. The minimum atomic E-state index is -3.81. The Morgan fingerprint density at radius 2 is 1.66 bits per heavy atom. The summed E-state index contributed by atoms with van der Waals surface area (Å²) in [7, 11) is -3.81. The topological polar surface area (TPSA) is 93.2 Å². The number of amides is 1. The molecule has 11 heteroatoms. The number of carbonyl (C=O) groups is 2. The van der Waals surface area contributed by atoms with Crippen molar-refractivity contribution in [2.24, 2.45) is 0 Å². The Morgan fingerprint density at radius 1 is 1.00 bits per heavy atom. The summed E-state index contributed by atoms with van der Waals surface area (Å²) in [5.74, 6) is -1.06. The lowest BCUT2D eigenvalue weighted by atomic mass is 10.1. The first-order chi connectivity index (χ1) is 15.2. The molecule has 1 saturated heterocycles. The number of halogens is 2. The molecule has 2 aromatic rings. The van der Waals surface area contributed by atoms with Crippen molar-refractivity contribution in [1.82, 2.24) is 9.21 Å². The molecule has 32 heavy (non-hydrogen) atoms. The van der Waals surface area contributed by atoms with Crippen LogP contribution in [0.25, 0.3) is 0 Å². The van der Waals surface area contributed by atoms with Gasteiger partial charge in [0.1, 0.15) is 5.75 Å². The fourth-order valence-electron chi connectivity index (χ4n) is 3.25. The number of hydrogen-bond donors (Lipinski definition) is 0. The smallest absolute Gasteiger partial charge is 0.387 e. The molecule has 0 atom stereocenters. The summed E-state index contributed by atoms with van der Waals surface area (Å²) in [6, 6.07) is 10.9. The van der Waals surface area contributed by atoms with Crippen LogP contribution in [0.4, 0.5) is 8.78 Å². The number of nitrogens with zero attached hydrogens (tertiary/aromatic N) is 2. The Bertz CT molecular complexity index is 1070. The van der Waals surface area contributed by atoms with E-state index in [0.717, 1.165) is 0 Å². The molecule has 8 nitrogen and oxygen atoms in total. The first kappa shape index (κ1) is 23.6. The standard InChI is InChI=1S/C21H22F2N2O6S/c1-2-30-20(27)15-6-8-18(9-7-15)32(28,29)25-12-10-24(11-13-25)19(26)16-4-3-5-17(14-16)31-21(22)23/h3-9,14,21H,2,10-13H2,1H3. The van der Waals surface area contributed by atoms with Crippen molar-refractivity contribution in [3.8, 4) is 5.75 Å². The molecular weight excluding hydrogens is 446 g/mol. The molecule has 0 N–H and O–H groups in total. The fourth-order valence-corrected chi connectivity index (χ4v) is 4.67. The molecule has 0 spiro atoms. The molecule has 0 aliphatic carbocycles. The molecule has 1 fully saturated rings. The minimum Gasteiger partial charge on any atom is -0.462 e. The van der Waals surface area contributed by atoms with Crippen molar-refractivity contribution in [3.63, 3.8) is 0 Å². The minimum absolute atomic E-state index is 0.0298. The average molecular weight is 468 g/mol. The molecule has 1 amide bonds. The Kier molecular flexibility index (Phi) is 7.41. The van der Waals surface area contributed by atoms with Gasteiger partial charge in [0.05, 0.1) is 17.1 Å². The van der Waals surface area contributed by atoms with Crippen molar-refractivity contribution >= 4 is 21.9 Å². The lowest BCUT2D eigenvalue weighted by Gasteiger charge is -2.34. The first-order valence-electron chi connectivity index (χ1n) is 9.84. The third-order valence-electron chi connectivity index (χ3n) is 4.84. The van der Waals surface area contributed by atoms with E-state index in [-0.39, 0.29) is 54.6 Å². The Labute approximate surface area is 184 Å². The van der Waals surface area contributed by atoms with Crippen LogP contribution in [0.15, 0.2) is 53.4 Å². The van der Waals surface area contributed by atoms with Gasteiger partial charge >= 0.3 is 12.6 Å². The maximum absolute atomic E-state index is 12.9. The number of benzene rings is 2. The molecule has 2 aromatic carbocycles. The highest BCUT2D eigenvalue weighted by Gasteiger charge is 2.30. The number of hydrogen-bond acceptors (Lipinski definition) is 6. The van der Waals surface area contributed by atoms with Gasteiger partial charge in [-0.3, -0.25) is 4.79 Å². The quantitative estimate of drug-likeness (QED) is 0.580. The van der Waals surface area contributed by atoms with Gasteiger partial charge < -0.3 is 14.4 Å². The molecule has 172 valence electrons. The SMILES string of the molecule is CCOC(=O)c1ccc(S(=O)(=O)N2CCN(C(=O)c3cccc(OC(F)F)c3)CC2)cc1. The Balaban J connectivity index is 1.64. The van der Waals surface area contributed by atoms with Gasteiger partial charge in [0.25, 0.3) is 5.91 Å². The van der Waals surface area contributed by atoms with Gasteiger partial charge in [-0.25, -0.2) is 13.2 Å². The van der Waals surface area contributed by atoms with Crippen LogP contribution in [0.5, 0.6) is 5.75 Å². The number of ether oxygens (including phenoxy) is 2. The number of rotatable bonds is 7. The Hall–Kier alpha value is -3.05. The predicted molar refractivity (Wildman–Crippen MR) is 110 cm³/mol. The molecule has 1 heterocycles. The molecule has 0 radical (unpaired) electrons. The van der Waals surface area contributed by atoms with Crippen molar-refractivity contribution in [2.75, 3.05) is 32.8 Å². The molecule has 0 bridgehead atoms. The number of piperazine rings is 1. The summed E-state index contributed by atoms with van der Waals surface area (Å²) in [6.45, 7) is -0.694. The highest BCUT2D eigenvalue weighted by Crippen LogP contribution is 2.21. The number of alkyl halides is 2. The van der Waals surface area contributed by atoms with Crippen LogP contribution in [0.1, 0.15) is 27.6 Å². The van der Waals surface area contributed by atoms with Crippen LogP contribution >= 0.6 is 0 Å². The van der Waals surface area contributed by atoms with Crippen molar-refractivity contribution in [3.05, 3.63) is 59.7 Å². The fraction of sp³-hybridized carbons (Fsp3) is 0.333. The summed E-state index contributed by atoms with van der Waals surface area (Å²) in [4.78, 5) is 25.9. The highest BCUT2D eigenvalue weighted by atomic mass is 32.2. The van der Waals surface area contributed by atoms with Gasteiger partial charge in [-0.05, 0) is 49.4 Å². The van der Waals surface area contributed by atoms with E-state index in [1.165, 1.54) is 57.7 Å². The van der Waals surface area contributed by atoms with E-state index < -0.39 is 28.5 Å². The molecule has 1 aliphatic heterocycles. The number of esters is 1. The van der Waals surface area contributed by atoms with Gasteiger partial charge in [-0.2, -0.15) is 13.1 Å². The van der Waals surface area contributed by atoms with Gasteiger partial charge in [0.15, 0.2) is 0 Å². The molecule has 1 aliphatic rings. The largest absolute Gasteiger partial charge is 0.462 e. The van der Waals surface area contributed by atoms with E-state index in [1.54, 1.807) is 6.92 Å². The van der Waals surface area contributed by atoms with Crippen molar-refractivity contribution in [1.29, 1.82) is 0 Å². The van der Waals surface area contributed by atoms with Crippen LogP contribution in [0.3, 0.4) is 0 Å². The average Bonchev–Trinajstić information content (AvgIpc) is 2.78. The zero-order valence-corrected chi connectivity index (χ0v) is 18.1. The summed E-state index contributed by atoms with van der Waals surface area (Å²) in [5, 5.41) is 0. The van der Waals surface area contributed by atoms with E-state index in [0.29, 0.717) is 0 Å². The van der Waals surface area contributed by atoms with Crippen LogP contribution in [-0.4, -0.2) is 68.9 Å². The van der Waals surface area contributed by atoms with Gasteiger partial charge in [-0.1, -0.05) is 6.07 Å². The van der Waals surface area contributed by atoms with Crippen LogP contribution < -0.4 is 4.74 Å². The van der Waals surface area contributed by atoms with E-state index in [9.17, 15) is 26.8 Å². The van der Waals surface area contributed by atoms with Crippen LogP contribution in [0.2, 0.25) is 0 Å². The summed E-state index contributed by atoms with van der Waals surface area (Å²) in [5.41, 5.74) is 0.424. The van der Waals surface area contributed by atoms with E-state index >= 15 is 0 Å². The molecule has 0 saturated carbocycles. The maximum atomic E-state index is 12.9. The molecule has 0 aromatic heterocycles. The molecule has 0 unspecified atom stereocenters. The lowest BCUT2D eigenvalue weighted by Crippen LogP contribution is -2.50. The summed E-state index contributed by atoms with van der Waals surface area (Å²) in [6.07, 6.45) is 0. The third-order valence-corrected chi connectivity index (χ3v) is 6.75. The van der Waals surface area contributed by atoms with Gasteiger partial charge in [-0.15, -0.1) is 0 Å². The third kappa shape index (κ3) is 5.40. The second kappa shape index (κ2) is 10.0. The van der Waals surface area contributed by atoms with Crippen LogP contribution in [-0.2, 0) is 14.8 Å². The second-order valence-electron chi connectivity index (χ2n) is 6.85. The molecular formula is C21H22F2N2O6S. The predicted octanol–water partition coefficient (Wildman–Crippen LogP) is 2.61. The molecule has 3 rings (SSSR count). The number of sulfonamides is 1. The lowest BCUT2D eigenvalue weighted by molar-refractivity contribution is -0.0499. The zero-order valence-electron chi connectivity index (χ0n) is 17.2. The van der Waals surface area contributed by atoms with E-state index in [4.69, 9.17) is 4.74 Å². The van der Waals surface area contributed by atoms with E-state index in [2.05, 4.69) is 4.74 Å². The first-order valence-corrected chi connectivity index (χ1v) is 11.3. The van der Waals surface area contributed by atoms with Gasteiger partial charge in [0, 0.05) is 31.7 Å². The van der Waals surface area contributed by atoms with Crippen LogP contribution in [0, 0.1) is 0 Å². The summed E-state index contributed by atoms with van der Waals surface area (Å²) >= 11 is 0. The Morgan fingerprint density at radius 3 is 2.25 bits per heavy atom. The highest BCUT2D eigenvalue weighted by molar-refractivity contribution is 7.89. The zero-order chi connectivity index (χ0) is 23.3. The van der Waals surface area contributed by atoms with Crippen molar-refractivity contribution in [2.45, 2.75) is 18.4 Å². The van der Waals surface area contributed by atoms with Gasteiger partial charge in [0.2, 0.25) is 10.0 Å².